The van der Waals surface area contributed by atoms with Gasteiger partial charge in [-0.15, -0.1) is 0 Å². The number of rotatable bonds is 9. The second-order valence-electron chi connectivity index (χ2n) is 10.5. The number of piperidine rings is 2. The number of hydrogen-bond acceptors (Lipinski definition) is 5. The number of likely N-dealkylation sites (tertiary alicyclic amines) is 2. The van der Waals surface area contributed by atoms with Gasteiger partial charge in [0.05, 0.1) is 13.2 Å². The summed E-state index contributed by atoms with van der Waals surface area (Å²) >= 11 is 0. The van der Waals surface area contributed by atoms with Crippen molar-refractivity contribution in [3.05, 3.63) is 35.6 Å². The Balaban J connectivity index is 1.25. The molecule has 1 unspecified atom stereocenters. The number of amides is 2. The molecule has 3 atom stereocenters. The molecule has 0 bridgehead atoms. The van der Waals surface area contributed by atoms with E-state index in [1.165, 1.54) is 18.4 Å². The summed E-state index contributed by atoms with van der Waals surface area (Å²) in [5.74, 6) is 0.910. The summed E-state index contributed by atoms with van der Waals surface area (Å²) in [6, 6.07) is 7.11. The van der Waals surface area contributed by atoms with Crippen LogP contribution in [0.5, 0.6) is 0 Å². The summed E-state index contributed by atoms with van der Waals surface area (Å²) in [5, 5.41) is 6.40. The molecular weight excluding hydrogens is 445 g/mol. The number of hydrogen-bond donors (Lipinski definition) is 2. The van der Waals surface area contributed by atoms with E-state index < -0.39 is 0 Å². The van der Waals surface area contributed by atoms with E-state index in [1.54, 1.807) is 12.1 Å². The minimum Gasteiger partial charge on any atom is -0.379 e. The highest BCUT2D eigenvalue weighted by Crippen LogP contribution is 2.25. The van der Waals surface area contributed by atoms with Crippen molar-refractivity contribution in [1.82, 2.24) is 25.3 Å². The first-order valence-electron chi connectivity index (χ1n) is 13.6. The lowest BCUT2D eigenvalue weighted by Gasteiger charge is -2.42. The van der Waals surface area contributed by atoms with Crippen LogP contribution in [0.2, 0.25) is 0 Å². The molecule has 196 valence electrons. The average molecular weight is 490 g/mol. The molecule has 4 rings (SSSR count). The van der Waals surface area contributed by atoms with Crippen LogP contribution in [-0.2, 0) is 11.2 Å². The highest BCUT2D eigenvalue weighted by atomic mass is 19.1. The van der Waals surface area contributed by atoms with Crippen LogP contribution in [0.4, 0.5) is 9.18 Å². The standard InChI is InChI=1S/C27H44FN5O2/c1-2-31-12-9-24(26(21-31)30-27(34)29-10-13-32-14-16-35-17-15-32)20-33-11-3-4-23(19-33)18-22-5-7-25(28)8-6-22/h5-8,23-24,26H,2-4,9-21H2,1H3,(H2,29,30,34)/t23?,24-,26-/m0/s1. The van der Waals surface area contributed by atoms with Crippen molar-refractivity contribution in [3.63, 3.8) is 0 Å². The van der Waals surface area contributed by atoms with Gasteiger partial charge in [-0.2, -0.15) is 0 Å². The Morgan fingerprint density at radius 2 is 1.83 bits per heavy atom. The number of carbonyl (C=O) groups is 1. The topological polar surface area (TPSA) is 60.1 Å². The van der Waals surface area contributed by atoms with Crippen LogP contribution in [0, 0.1) is 17.7 Å². The first-order chi connectivity index (χ1) is 17.1. The van der Waals surface area contributed by atoms with Crippen LogP contribution in [0.1, 0.15) is 31.7 Å². The largest absolute Gasteiger partial charge is 0.379 e. The first-order valence-corrected chi connectivity index (χ1v) is 13.6. The molecule has 0 spiro atoms. The molecule has 0 aliphatic carbocycles. The molecule has 8 heteroatoms. The van der Waals surface area contributed by atoms with Crippen LogP contribution in [-0.4, -0.2) is 105 Å². The molecule has 1 aromatic rings. The lowest BCUT2D eigenvalue weighted by molar-refractivity contribution is 0.0386. The van der Waals surface area contributed by atoms with Crippen LogP contribution in [0.3, 0.4) is 0 Å². The predicted octanol–water partition coefficient (Wildman–Crippen LogP) is 2.42. The molecule has 3 aliphatic heterocycles. The lowest BCUT2D eigenvalue weighted by atomic mass is 9.87. The van der Waals surface area contributed by atoms with Gasteiger partial charge in [-0.05, 0) is 74.8 Å². The summed E-state index contributed by atoms with van der Waals surface area (Å²) in [6.07, 6.45) is 4.57. The molecule has 0 radical (unpaired) electrons. The Morgan fingerprint density at radius 3 is 2.60 bits per heavy atom. The van der Waals surface area contributed by atoms with E-state index in [1.807, 2.05) is 12.1 Å². The Bertz CT molecular complexity index is 773. The summed E-state index contributed by atoms with van der Waals surface area (Å²) in [5.41, 5.74) is 1.22. The Kier molecular flexibility index (Phi) is 10.2. The number of nitrogens with zero attached hydrogens (tertiary/aromatic N) is 3. The van der Waals surface area contributed by atoms with E-state index in [4.69, 9.17) is 4.74 Å². The predicted molar refractivity (Wildman–Crippen MR) is 137 cm³/mol. The minimum absolute atomic E-state index is 0.0426. The zero-order chi connectivity index (χ0) is 24.5. The van der Waals surface area contributed by atoms with Crippen molar-refractivity contribution in [2.24, 2.45) is 11.8 Å². The monoisotopic (exact) mass is 489 g/mol. The van der Waals surface area contributed by atoms with Gasteiger partial charge in [-0.1, -0.05) is 19.1 Å². The molecular formula is C27H44FN5O2. The summed E-state index contributed by atoms with van der Waals surface area (Å²) in [4.78, 5) is 20.1. The number of nitrogens with one attached hydrogen (secondary N) is 2. The van der Waals surface area contributed by atoms with Gasteiger partial charge in [-0.25, -0.2) is 9.18 Å². The van der Waals surface area contributed by atoms with Gasteiger partial charge in [0.15, 0.2) is 0 Å². The fraction of sp³-hybridized carbons (Fsp3) is 0.741. The zero-order valence-electron chi connectivity index (χ0n) is 21.4. The molecule has 0 aromatic heterocycles. The van der Waals surface area contributed by atoms with Gasteiger partial charge in [-0.3, -0.25) is 4.90 Å². The van der Waals surface area contributed by atoms with E-state index in [9.17, 15) is 9.18 Å². The molecule has 3 saturated heterocycles. The molecule has 3 heterocycles. The fourth-order valence-corrected chi connectivity index (χ4v) is 5.88. The quantitative estimate of drug-likeness (QED) is 0.558. The number of benzene rings is 1. The summed E-state index contributed by atoms with van der Waals surface area (Å²) in [6.45, 7) is 13.5. The molecule has 2 N–H and O–H groups in total. The maximum atomic E-state index is 13.3. The summed E-state index contributed by atoms with van der Waals surface area (Å²) in [7, 11) is 0. The smallest absolute Gasteiger partial charge is 0.315 e. The van der Waals surface area contributed by atoms with Gasteiger partial charge in [0.25, 0.3) is 0 Å². The molecule has 1 aromatic carbocycles. The first kappa shape index (κ1) is 26.3. The van der Waals surface area contributed by atoms with Crippen LogP contribution in [0.25, 0.3) is 0 Å². The minimum atomic E-state index is -0.166. The second kappa shape index (κ2) is 13.5. The van der Waals surface area contributed by atoms with Crippen LogP contribution in [0.15, 0.2) is 24.3 Å². The Hall–Kier alpha value is -1.74. The van der Waals surface area contributed by atoms with Crippen molar-refractivity contribution in [2.75, 3.05) is 78.7 Å². The molecule has 2 amide bonds. The SMILES string of the molecule is CCN1CC[C@@H](CN2CCCC(Cc3ccc(F)cc3)C2)[C@@H](NC(=O)NCCN2CCOCC2)C1. The number of carbonyl (C=O) groups excluding carboxylic acids is 1. The number of likely N-dealkylation sites (N-methyl/N-ethyl adjacent to an activating group) is 1. The zero-order valence-corrected chi connectivity index (χ0v) is 21.4. The number of morpholine rings is 1. The average Bonchev–Trinajstić information content (AvgIpc) is 2.87. The molecule has 3 fully saturated rings. The Morgan fingerprint density at radius 1 is 1.03 bits per heavy atom. The fourth-order valence-electron chi connectivity index (χ4n) is 5.88. The van der Waals surface area contributed by atoms with E-state index >= 15 is 0 Å². The maximum Gasteiger partial charge on any atom is 0.315 e. The van der Waals surface area contributed by atoms with Gasteiger partial charge < -0.3 is 25.2 Å². The van der Waals surface area contributed by atoms with Gasteiger partial charge in [0.1, 0.15) is 5.82 Å². The maximum absolute atomic E-state index is 13.3. The molecule has 7 nitrogen and oxygen atoms in total. The number of halogens is 1. The van der Waals surface area contributed by atoms with E-state index in [2.05, 4.69) is 32.3 Å². The molecule has 0 saturated carbocycles. The number of ether oxygens (including phenoxy) is 1. The summed E-state index contributed by atoms with van der Waals surface area (Å²) < 4.78 is 18.7. The van der Waals surface area contributed by atoms with Crippen LogP contribution < -0.4 is 10.6 Å². The highest BCUT2D eigenvalue weighted by molar-refractivity contribution is 5.74. The number of urea groups is 1. The van der Waals surface area contributed by atoms with Crippen molar-refractivity contribution < 1.29 is 13.9 Å². The van der Waals surface area contributed by atoms with Crippen molar-refractivity contribution in [1.29, 1.82) is 0 Å². The third-order valence-electron chi connectivity index (χ3n) is 7.95. The van der Waals surface area contributed by atoms with E-state index in [-0.39, 0.29) is 17.9 Å². The van der Waals surface area contributed by atoms with E-state index in [0.29, 0.717) is 18.4 Å². The highest BCUT2D eigenvalue weighted by Gasteiger charge is 2.32. The molecule has 3 aliphatic rings. The Labute approximate surface area is 210 Å². The second-order valence-corrected chi connectivity index (χ2v) is 10.5. The van der Waals surface area contributed by atoms with Gasteiger partial charge in [0, 0.05) is 51.9 Å². The van der Waals surface area contributed by atoms with E-state index in [0.717, 1.165) is 85.0 Å². The lowest BCUT2D eigenvalue weighted by Crippen LogP contribution is -2.57. The third kappa shape index (κ3) is 8.41. The normalized spacial score (nSPS) is 27.0. The van der Waals surface area contributed by atoms with Crippen molar-refractivity contribution in [2.45, 2.75) is 38.6 Å². The van der Waals surface area contributed by atoms with Crippen molar-refractivity contribution >= 4 is 6.03 Å². The van der Waals surface area contributed by atoms with Crippen molar-refractivity contribution in [3.8, 4) is 0 Å². The van der Waals surface area contributed by atoms with Gasteiger partial charge >= 0.3 is 6.03 Å². The third-order valence-corrected chi connectivity index (χ3v) is 7.95. The van der Waals surface area contributed by atoms with Gasteiger partial charge in [0.2, 0.25) is 0 Å². The van der Waals surface area contributed by atoms with Crippen LogP contribution >= 0.6 is 0 Å². The molecule has 35 heavy (non-hydrogen) atoms.